The predicted octanol–water partition coefficient (Wildman–Crippen LogP) is 4.50. The summed E-state index contributed by atoms with van der Waals surface area (Å²) in [5, 5.41) is 36.4. The smallest absolute Gasteiger partial charge is 0.405 e. The minimum atomic E-state index is -1.35. The highest BCUT2D eigenvalue weighted by Crippen LogP contribution is 2.24. The molecule has 0 saturated carbocycles. The van der Waals surface area contributed by atoms with E-state index in [0.717, 1.165) is 27.9 Å². The van der Waals surface area contributed by atoms with Gasteiger partial charge in [-0.25, -0.2) is 14.6 Å². The topological polar surface area (TPSA) is 193 Å². The summed E-state index contributed by atoms with van der Waals surface area (Å²) in [5.74, 6) is -1.21. The van der Waals surface area contributed by atoms with Crippen LogP contribution in [0, 0.1) is 11.3 Å². The summed E-state index contributed by atoms with van der Waals surface area (Å²) in [4.78, 5) is 61.5. The van der Waals surface area contributed by atoms with Gasteiger partial charge in [-0.15, -0.1) is 0 Å². The van der Waals surface area contributed by atoms with Crippen LogP contribution < -0.4 is 16.1 Å². The van der Waals surface area contributed by atoms with E-state index in [-0.39, 0.29) is 31.5 Å². The van der Waals surface area contributed by atoms with Gasteiger partial charge in [0.2, 0.25) is 5.91 Å². The molecule has 2 aromatic carbocycles. The highest BCUT2D eigenvalue weighted by atomic mass is 16.4. The summed E-state index contributed by atoms with van der Waals surface area (Å²) in [6.07, 6.45) is 3.20. The van der Waals surface area contributed by atoms with E-state index in [1.165, 1.54) is 5.01 Å². The maximum atomic E-state index is 14.4. The van der Waals surface area contributed by atoms with Crippen LogP contribution in [0.3, 0.4) is 0 Å². The zero-order valence-corrected chi connectivity index (χ0v) is 33.8. The van der Waals surface area contributed by atoms with Crippen molar-refractivity contribution in [2.45, 2.75) is 84.8 Å². The van der Waals surface area contributed by atoms with E-state index in [1.54, 1.807) is 55.2 Å². The van der Waals surface area contributed by atoms with Crippen molar-refractivity contribution in [3.8, 4) is 11.3 Å². The highest BCUT2D eigenvalue weighted by Gasteiger charge is 2.41. The third-order valence-electron chi connectivity index (χ3n) is 10.4. The molecule has 1 fully saturated rings. The first-order valence-corrected chi connectivity index (χ1v) is 19.6. The summed E-state index contributed by atoms with van der Waals surface area (Å²) in [6, 6.07) is 21.5. The van der Waals surface area contributed by atoms with Crippen LogP contribution in [-0.4, -0.2) is 108 Å². The Labute approximate surface area is 339 Å². The molecular weight excluding hydrogens is 739 g/mol. The zero-order valence-electron chi connectivity index (χ0n) is 33.8. The third kappa shape index (κ3) is 11.8. The number of aliphatic hydroxyl groups is 1. The SMILES string of the molecule is CCC(C)C(C(=O)N[C@@H](Cc1ccccc1)[C@@H](O)CN(Cc1ccc(-c2ccccn2)cc1)NC(=O)[C@@H](NC(=O)O)C(C)(C)C)N1CCN(Cc2ccnnc2)C1=O. The Morgan fingerprint density at radius 3 is 2.21 bits per heavy atom. The van der Waals surface area contributed by atoms with Crippen molar-refractivity contribution in [1.29, 1.82) is 0 Å². The predicted molar refractivity (Wildman–Crippen MR) is 218 cm³/mol. The van der Waals surface area contributed by atoms with Crippen LogP contribution in [-0.2, 0) is 29.1 Å². The Morgan fingerprint density at radius 1 is 0.862 bits per heavy atom. The maximum Gasteiger partial charge on any atom is 0.405 e. The van der Waals surface area contributed by atoms with Gasteiger partial charge >= 0.3 is 12.1 Å². The first kappa shape index (κ1) is 43.2. The zero-order chi connectivity index (χ0) is 41.8. The molecule has 0 radical (unpaired) electrons. The molecule has 1 aliphatic rings. The number of rotatable bonds is 18. The van der Waals surface area contributed by atoms with Gasteiger partial charge in [0.15, 0.2) is 0 Å². The van der Waals surface area contributed by atoms with E-state index in [0.29, 0.717) is 26.1 Å². The summed E-state index contributed by atoms with van der Waals surface area (Å²) < 4.78 is 0. The quantitative estimate of drug-likeness (QED) is 0.0897. The molecule has 2 unspecified atom stereocenters. The molecule has 1 saturated heterocycles. The summed E-state index contributed by atoms with van der Waals surface area (Å²) in [6.45, 7) is 10.3. The Bertz CT molecular complexity index is 1950. The number of pyridine rings is 1. The van der Waals surface area contributed by atoms with Gasteiger partial charge in [-0.2, -0.15) is 10.2 Å². The second kappa shape index (κ2) is 20.0. The number of carbonyl (C=O) groups is 4. The number of hydrogen-bond acceptors (Lipinski definition) is 9. The lowest BCUT2D eigenvalue weighted by molar-refractivity contribution is -0.132. The van der Waals surface area contributed by atoms with Crippen molar-refractivity contribution >= 4 is 23.9 Å². The van der Waals surface area contributed by atoms with Crippen LogP contribution in [0.1, 0.15) is 57.7 Å². The number of aliphatic hydroxyl groups excluding tert-OH is 1. The standard InChI is InChI=1S/C43H55N9O6/c1-6-29(2)37(52-23-22-50(42(52)58)26-32-19-21-45-46-25-32)39(54)47-35(24-30-12-8-7-9-13-30)36(53)28-51(49-40(55)38(43(3,4)5)48-41(56)57)27-31-15-17-33(18-16-31)34-14-10-11-20-44-34/h7-21,25,29,35-38,48,53H,6,22-24,26-28H2,1-5H3,(H,47,54)(H,49,55)(H,56,57)/t29?,35-,36-,37?,38+/m0/s1. The fourth-order valence-corrected chi connectivity index (χ4v) is 7.04. The molecule has 0 spiro atoms. The molecule has 1 aliphatic heterocycles. The van der Waals surface area contributed by atoms with Gasteiger partial charge in [0.05, 0.1) is 24.0 Å². The van der Waals surface area contributed by atoms with E-state index >= 15 is 0 Å². The van der Waals surface area contributed by atoms with Gasteiger partial charge < -0.3 is 30.6 Å². The number of aromatic nitrogens is 3. The number of carbonyl (C=O) groups excluding carboxylic acids is 3. The molecule has 15 heteroatoms. The van der Waals surface area contributed by atoms with E-state index in [4.69, 9.17) is 0 Å². The number of nitrogens with one attached hydrogen (secondary N) is 3. The van der Waals surface area contributed by atoms with Crippen molar-refractivity contribution < 1.29 is 29.4 Å². The minimum Gasteiger partial charge on any atom is -0.465 e. The second-order valence-corrected chi connectivity index (χ2v) is 15.9. The average Bonchev–Trinajstić information content (AvgIpc) is 3.55. The normalized spacial score (nSPS) is 15.7. The van der Waals surface area contributed by atoms with Crippen molar-refractivity contribution in [3.05, 3.63) is 114 Å². The third-order valence-corrected chi connectivity index (χ3v) is 10.4. The van der Waals surface area contributed by atoms with Gasteiger partial charge in [0.25, 0.3) is 5.91 Å². The van der Waals surface area contributed by atoms with Crippen LogP contribution in [0.15, 0.2) is 97.5 Å². The molecule has 2 aromatic heterocycles. The Balaban J connectivity index is 1.41. The number of benzene rings is 2. The molecule has 5 rings (SSSR count). The van der Waals surface area contributed by atoms with Gasteiger partial charge in [-0.05, 0) is 52.6 Å². The molecule has 308 valence electrons. The first-order chi connectivity index (χ1) is 27.7. The summed E-state index contributed by atoms with van der Waals surface area (Å²) in [7, 11) is 0. The monoisotopic (exact) mass is 793 g/mol. The van der Waals surface area contributed by atoms with E-state index in [2.05, 4.69) is 31.2 Å². The molecular formula is C43H55N9O6. The molecule has 5 atom stereocenters. The second-order valence-electron chi connectivity index (χ2n) is 15.9. The van der Waals surface area contributed by atoms with Crippen LogP contribution in [0.2, 0.25) is 0 Å². The number of amides is 5. The van der Waals surface area contributed by atoms with Crippen molar-refractivity contribution in [1.82, 2.24) is 46.0 Å². The summed E-state index contributed by atoms with van der Waals surface area (Å²) in [5.41, 5.74) is 6.26. The Hall–Kier alpha value is -5.93. The van der Waals surface area contributed by atoms with E-state index < -0.39 is 47.6 Å². The maximum absolute atomic E-state index is 14.4. The van der Waals surface area contributed by atoms with Gasteiger partial charge in [0.1, 0.15) is 12.1 Å². The van der Waals surface area contributed by atoms with Gasteiger partial charge in [-0.1, -0.05) is 102 Å². The van der Waals surface area contributed by atoms with Crippen LogP contribution in [0.4, 0.5) is 9.59 Å². The molecule has 4 aromatic rings. The lowest BCUT2D eigenvalue weighted by Crippen LogP contribution is -2.60. The van der Waals surface area contributed by atoms with Crippen LogP contribution in [0.5, 0.6) is 0 Å². The van der Waals surface area contributed by atoms with E-state index in [1.807, 2.05) is 86.6 Å². The van der Waals surface area contributed by atoms with Crippen molar-refractivity contribution in [2.75, 3.05) is 19.6 Å². The molecule has 15 nitrogen and oxygen atoms in total. The van der Waals surface area contributed by atoms with Crippen molar-refractivity contribution in [3.63, 3.8) is 0 Å². The molecule has 5 amide bonds. The molecule has 5 N–H and O–H groups in total. The minimum absolute atomic E-state index is 0.139. The largest absolute Gasteiger partial charge is 0.465 e. The molecule has 3 heterocycles. The number of hydrazine groups is 1. The molecule has 58 heavy (non-hydrogen) atoms. The number of nitrogens with zero attached hydrogens (tertiary/aromatic N) is 6. The van der Waals surface area contributed by atoms with Crippen LogP contribution in [0.25, 0.3) is 11.3 Å². The average molecular weight is 794 g/mol. The lowest BCUT2D eigenvalue weighted by atomic mass is 9.86. The van der Waals surface area contributed by atoms with Gasteiger partial charge in [-0.3, -0.25) is 20.0 Å². The fraction of sp³-hybridized carbons (Fsp3) is 0.419. The molecule has 0 bridgehead atoms. The Morgan fingerprint density at radius 2 is 1.59 bits per heavy atom. The lowest BCUT2D eigenvalue weighted by Gasteiger charge is -2.36. The number of urea groups is 1. The van der Waals surface area contributed by atoms with E-state index in [9.17, 15) is 29.4 Å². The molecule has 0 aliphatic carbocycles. The van der Waals surface area contributed by atoms with Crippen molar-refractivity contribution in [2.24, 2.45) is 11.3 Å². The highest BCUT2D eigenvalue weighted by molar-refractivity contribution is 5.88. The number of hydrogen-bond donors (Lipinski definition) is 5. The fourth-order valence-electron chi connectivity index (χ4n) is 7.04. The Kier molecular flexibility index (Phi) is 14.9. The first-order valence-electron chi connectivity index (χ1n) is 19.6. The van der Waals surface area contributed by atoms with Gasteiger partial charge in [0, 0.05) is 50.7 Å². The number of carboxylic acid groups (broad SMARTS) is 1. The summed E-state index contributed by atoms with van der Waals surface area (Å²) >= 11 is 0. The van der Waals surface area contributed by atoms with Crippen LogP contribution >= 0.6 is 0 Å².